The van der Waals surface area contributed by atoms with Crippen LogP contribution >= 0.6 is 0 Å². The van der Waals surface area contributed by atoms with Crippen LogP contribution in [0.4, 0.5) is 0 Å². The molecule has 0 aliphatic carbocycles. The Morgan fingerprint density at radius 1 is 1.33 bits per heavy atom. The van der Waals surface area contributed by atoms with Crippen molar-refractivity contribution in [2.75, 3.05) is 13.1 Å². The molecule has 0 aromatic rings. The van der Waals surface area contributed by atoms with Gasteiger partial charge in [0.2, 0.25) is 0 Å². The fourth-order valence-corrected chi connectivity index (χ4v) is 1.63. The van der Waals surface area contributed by atoms with Gasteiger partial charge in [0.25, 0.3) is 0 Å². The van der Waals surface area contributed by atoms with Crippen LogP contribution in [-0.4, -0.2) is 24.3 Å². The van der Waals surface area contributed by atoms with Crippen LogP contribution in [0, 0.1) is 11.3 Å². The van der Waals surface area contributed by atoms with E-state index in [1.807, 2.05) is 0 Å². The van der Waals surface area contributed by atoms with Gasteiger partial charge in [-0.1, -0.05) is 20.8 Å². The molecule has 1 heterocycles. The molecule has 1 fully saturated rings. The molecule has 2 nitrogen and oxygen atoms in total. The normalized spacial score (nSPS) is 31.0. The Kier molecular flexibility index (Phi) is 3.13. The van der Waals surface area contributed by atoms with Crippen molar-refractivity contribution in [3.63, 3.8) is 0 Å². The minimum atomic E-state index is -0.104. The van der Waals surface area contributed by atoms with Gasteiger partial charge >= 0.3 is 0 Å². The Bertz CT molecular complexity index is 139. The van der Waals surface area contributed by atoms with E-state index in [0.29, 0.717) is 11.3 Å². The van der Waals surface area contributed by atoms with Crippen LogP contribution in [0.2, 0.25) is 0 Å². The predicted molar refractivity (Wildman–Crippen MR) is 51.1 cm³/mol. The number of hydrogen-bond acceptors (Lipinski definition) is 2. The van der Waals surface area contributed by atoms with Crippen molar-refractivity contribution in [2.45, 2.75) is 39.7 Å². The van der Waals surface area contributed by atoms with Crippen molar-refractivity contribution in [3.05, 3.63) is 0 Å². The van der Waals surface area contributed by atoms with Crippen molar-refractivity contribution < 1.29 is 5.11 Å². The summed E-state index contributed by atoms with van der Waals surface area (Å²) in [6.07, 6.45) is 2.25. The first-order valence-electron chi connectivity index (χ1n) is 4.88. The zero-order valence-electron chi connectivity index (χ0n) is 8.43. The van der Waals surface area contributed by atoms with Crippen molar-refractivity contribution in [1.29, 1.82) is 0 Å². The van der Waals surface area contributed by atoms with E-state index in [1.165, 1.54) is 6.42 Å². The monoisotopic (exact) mass is 171 g/mol. The van der Waals surface area contributed by atoms with E-state index in [1.54, 1.807) is 0 Å². The second-order valence-electron chi connectivity index (χ2n) is 5.09. The SMILES string of the molecule is CC(C)(C)CCC1CNCC1O. The van der Waals surface area contributed by atoms with Crippen molar-refractivity contribution in [3.8, 4) is 0 Å². The molecule has 0 bridgehead atoms. The lowest BCUT2D eigenvalue weighted by atomic mass is 9.86. The molecule has 0 amide bonds. The summed E-state index contributed by atoms with van der Waals surface area (Å²) in [6.45, 7) is 8.54. The fraction of sp³-hybridized carbons (Fsp3) is 1.00. The van der Waals surface area contributed by atoms with Crippen molar-refractivity contribution in [2.24, 2.45) is 11.3 Å². The standard InChI is InChI=1S/C10H21NO/c1-10(2,3)5-4-8-6-11-7-9(8)12/h8-9,11-12H,4-7H2,1-3H3. The summed E-state index contributed by atoms with van der Waals surface area (Å²) in [5.74, 6) is 0.490. The minimum absolute atomic E-state index is 0.104. The van der Waals surface area contributed by atoms with Gasteiger partial charge < -0.3 is 10.4 Å². The third-order valence-corrected chi connectivity index (χ3v) is 2.57. The van der Waals surface area contributed by atoms with Gasteiger partial charge in [-0.25, -0.2) is 0 Å². The third kappa shape index (κ3) is 3.11. The van der Waals surface area contributed by atoms with Crippen LogP contribution < -0.4 is 5.32 Å². The maximum atomic E-state index is 9.52. The third-order valence-electron chi connectivity index (χ3n) is 2.57. The van der Waals surface area contributed by atoms with Gasteiger partial charge in [-0.2, -0.15) is 0 Å². The first-order chi connectivity index (χ1) is 5.49. The molecule has 2 N–H and O–H groups in total. The molecule has 12 heavy (non-hydrogen) atoms. The largest absolute Gasteiger partial charge is 0.391 e. The predicted octanol–water partition coefficient (Wildman–Crippen LogP) is 1.39. The van der Waals surface area contributed by atoms with Crippen LogP contribution in [0.15, 0.2) is 0 Å². The molecule has 72 valence electrons. The Morgan fingerprint density at radius 3 is 2.42 bits per heavy atom. The summed E-state index contributed by atoms with van der Waals surface area (Å²) in [6, 6.07) is 0. The molecular weight excluding hydrogens is 150 g/mol. The van der Waals surface area contributed by atoms with Crippen LogP contribution in [0.5, 0.6) is 0 Å². The maximum Gasteiger partial charge on any atom is 0.0704 e. The average molecular weight is 171 g/mol. The lowest BCUT2D eigenvalue weighted by Gasteiger charge is -2.21. The quantitative estimate of drug-likeness (QED) is 0.658. The van der Waals surface area contributed by atoms with E-state index in [4.69, 9.17) is 0 Å². The van der Waals surface area contributed by atoms with Crippen molar-refractivity contribution in [1.82, 2.24) is 5.32 Å². The van der Waals surface area contributed by atoms with Gasteiger partial charge in [0.05, 0.1) is 6.10 Å². The lowest BCUT2D eigenvalue weighted by Crippen LogP contribution is -2.19. The maximum absolute atomic E-state index is 9.52. The van der Waals surface area contributed by atoms with Crippen LogP contribution in [-0.2, 0) is 0 Å². The number of hydrogen-bond donors (Lipinski definition) is 2. The van der Waals surface area contributed by atoms with Gasteiger partial charge in [0, 0.05) is 13.1 Å². The first kappa shape index (κ1) is 10.0. The van der Waals surface area contributed by atoms with Gasteiger partial charge in [0.1, 0.15) is 0 Å². The number of nitrogens with one attached hydrogen (secondary N) is 1. The van der Waals surface area contributed by atoms with Gasteiger partial charge in [-0.3, -0.25) is 0 Å². The topological polar surface area (TPSA) is 32.3 Å². The molecule has 1 aliphatic heterocycles. The number of aliphatic hydroxyl groups is 1. The number of aliphatic hydroxyl groups excluding tert-OH is 1. The van der Waals surface area contributed by atoms with Gasteiger partial charge in [-0.15, -0.1) is 0 Å². The van der Waals surface area contributed by atoms with Crippen LogP contribution in [0.1, 0.15) is 33.6 Å². The molecule has 0 spiro atoms. The van der Waals surface area contributed by atoms with Gasteiger partial charge in [-0.05, 0) is 24.2 Å². The highest BCUT2D eigenvalue weighted by Gasteiger charge is 2.25. The smallest absolute Gasteiger partial charge is 0.0704 e. The molecule has 2 atom stereocenters. The highest BCUT2D eigenvalue weighted by atomic mass is 16.3. The zero-order valence-corrected chi connectivity index (χ0v) is 8.43. The molecule has 2 unspecified atom stereocenters. The lowest BCUT2D eigenvalue weighted by molar-refractivity contribution is 0.134. The van der Waals surface area contributed by atoms with E-state index < -0.39 is 0 Å². The fourth-order valence-electron chi connectivity index (χ4n) is 1.63. The molecule has 0 radical (unpaired) electrons. The molecular formula is C10H21NO. The van der Waals surface area contributed by atoms with E-state index in [0.717, 1.165) is 19.5 Å². The zero-order chi connectivity index (χ0) is 9.19. The summed E-state index contributed by atoms with van der Waals surface area (Å²) in [7, 11) is 0. The Morgan fingerprint density at radius 2 is 2.00 bits per heavy atom. The number of rotatable bonds is 2. The molecule has 0 aromatic heterocycles. The average Bonchev–Trinajstić information content (AvgIpc) is 2.29. The van der Waals surface area contributed by atoms with E-state index in [9.17, 15) is 5.11 Å². The molecule has 2 heteroatoms. The molecule has 1 saturated heterocycles. The van der Waals surface area contributed by atoms with Crippen LogP contribution in [0.3, 0.4) is 0 Å². The summed E-state index contributed by atoms with van der Waals surface area (Å²) in [5.41, 5.74) is 0.405. The van der Waals surface area contributed by atoms with Crippen molar-refractivity contribution >= 4 is 0 Å². The molecule has 0 aromatic carbocycles. The van der Waals surface area contributed by atoms with E-state index in [-0.39, 0.29) is 6.10 Å². The van der Waals surface area contributed by atoms with Crippen LogP contribution in [0.25, 0.3) is 0 Å². The second-order valence-corrected chi connectivity index (χ2v) is 5.09. The Balaban J connectivity index is 2.23. The first-order valence-corrected chi connectivity index (χ1v) is 4.88. The highest BCUT2D eigenvalue weighted by molar-refractivity contribution is 4.81. The molecule has 1 rings (SSSR count). The summed E-state index contributed by atoms with van der Waals surface area (Å²) in [5, 5.41) is 12.7. The summed E-state index contributed by atoms with van der Waals surface area (Å²) < 4.78 is 0. The summed E-state index contributed by atoms with van der Waals surface area (Å²) >= 11 is 0. The second kappa shape index (κ2) is 3.75. The van der Waals surface area contributed by atoms with E-state index >= 15 is 0 Å². The minimum Gasteiger partial charge on any atom is -0.391 e. The summed E-state index contributed by atoms with van der Waals surface area (Å²) in [4.78, 5) is 0. The highest BCUT2D eigenvalue weighted by Crippen LogP contribution is 2.25. The van der Waals surface area contributed by atoms with Gasteiger partial charge in [0.15, 0.2) is 0 Å². The number of β-amino-alcohol motifs (C(OH)–C–C–N with tert-alkyl or cyclic N) is 1. The van der Waals surface area contributed by atoms with E-state index in [2.05, 4.69) is 26.1 Å². The Hall–Kier alpha value is -0.0800. The molecule has 1 aliphatic rings. The Labute approximate surface area is 75.4 Å². The molecule has 0 saturated carbocycles.